The van der Waals surface area contributed by atoms with Crippen LogP contribution < -0.4 is 0 Å². The Morgan fingerprint density at radius 1 is 1.00 bits per heavy atom. The van der Waals surface area contributed by atoms with E-state index in [4.69, 9.17) is 4.74 Å². The van der Waals surface area contributed by atoms with Gasteiger partial charge in [0.25, 0.3) is 0 Å². The van der Waals surface area contributed by atoms with Gasteiger partial charge in [-0.25, -0.2) is 4.79 Å². The molecule has 0 radical (unpaired) electrons. The molecule has 0 aromatic rings. The van der Waals surface area contributed by atoms with E-state index in [0.717, 1.165) is 12.8 Å². The van der Waals surface area contributed by atoms with Gasteiger partial charge in [-0.3, -0.25) is 9.59 Å². The summed E-state index contributed by atoms with van der Waals surface area (Å²) in [6.07, 6.45) is 3.27. The average molecular weight is 270 g/mol. The van der Waals surface area contributed by atoms with Gasteiger partial charge in [-0.05, 0) is 26.2 Å². The molecular formula is C14H22O5. The van der Waals surface area contributed by atoms with Gasteiger partial charge in [-0.1, -0.05) is 19.9 Å². The van der Waals surface area contributed by atoms with E-state index in [-0.39, 0.29) is 24.4 Å². The van der Waals surface area contributed by atoms with E-state index in [1.807, 2.05) is 6.92 Å². The first kappa shape index (κ1) is 17.4. The predicted molar refractivity (Wildman–Crippen MR) is 70.2 cm³/mol. The first-order valence-electron chi connectivity index (χ1n) is 6.53. The summed E-state index contributed by atoms with van der Waals surface area (Å²) < 4.78 is 9.47. The second-order valence-corrected chi connectivity index (χ2v) is 4.32. The third-order valence-corrected chi connectivity index (χ3v) is 2.33. The zero-order valence-corrected chi connectivity index (χ0v) is 11.7. The molecule has 0 atom stereocenters. The van der Waals surface area contributed by atoms with Gasteiger partial charge in [0, 0.05) is 18.4 Å². The molecule has 0 saturated heterocycles. The van der Waals surface area contributed by atoms with Crippen molar-refractivity contribution in [2.45, 2.75) is 52.4 Å². The lowest BCUT2D eigenvalue weighted by atomic mass is 10.2. The Morgan fingerprint density at radius 2 is 1.58 bits per heavy atom. The van der Waals surface area contributed by atoms with Crippen molar-refractivity contribution in [1.29, 1.82) is 0 Å². The third kappa shape index (κ3) is 10.00. The molecule has 0 aromatic carbocycles. The number of rotatable bonds is 9. The smallest absolute Gasteiger partial charge is 0.340 e. The Morgan fingerprint density at radius 3 is 2.11 bits per heavy atom. The van der Waals surface area contributed by atoms with Crippen molar-refractivity contribution in [3.8, 4) is 0 Å². The van der Waals surface area contributed by atoms with Crippen LogP contribution in [0.1, 0.15) is 52.4 Å². The molecule has 19 heavy (non-hydrogen) atoms. The first-order valence-corrected chi connectivity index (χ1v) is 6.53. The van der Waals surface area contributed by atoms with Crippen LogP contribution in [0.2, 0.25) is 0 Å². The molecule has 0 aliphatic rings. The monoisotopic (exact) mass is 270 g/mol. The van der Waals surface area contributed by atoms with Gasteiger partial charge in [0.2, 0.25) is 0 Å². The van der Waals surface area contributed by atoms with Crippen LogP contribution in [0.25, 0.3) is 0 Å². The zero-order chi connectivity index (χ0) is 14.7. The molecule has 0 N–H and O–H groups in total. The molecule has 0 rings (SSSR count). The molecule has 108 valence electrons. The summed E-state index contributed by atoms with van der Waals surface area (Å²) in [5.41, 5.74) is 0.188. The van der Waals surface area contributed by atoms with E-state index in [2.05, 4.69) is 11.3 Å². The maximum Gasteiger partial charge on any atom is 0.340 e. The topological polar surface area (TPSA) is 69.7 Å². The van der Waals surface area contributed by atoms with E-state index in [9.17, 15) is 14.4 Å². The normalized spacial score (nSPS) is 9.79. The van der Waals surface area contributed by atoms with Gasteiger partial charge in [0.15, 0.2) is 0 Å². The largest absolute Gasteiger partial charge is 0.466 e. The van der Waals surface area contributed by atoms with Crippen LogP contribution >= 0.6 is 0 Å². The second-order valence-electron chi connectivity index (χ2n) is 4.32. The Balaban J connectivity index is 3.58. The molecule has 0 amide bonds. The number of hydrogen-bond acceptors (Lipinski definition) is 5. The van der Waals surface area contributed by atoms with E-state index < -0.39 is 11.9 Å². The van der Waals surface area contributed by atoms with Crippen LogP contribution in [0, 0.1) is 0 Å². The summed E-state index contributed by atoms with van der Waals surface area (Å²) in [6.45, 7) is 7.32. The minimum absolute atomic E-state index is 0.112. The van der Waals surface area contributed by atoms with E-state index in [1.165, 1.54) is 6.92 Å². The van der Waals surface area contributed by atoms with Crippen LogP contribution in [-0.2, 0) is 23.9 Å². The molecule has 0 bridgehead atoms. The molecule has 0 saturated carbocycles. The minimum Gasteiger partial charge on any atom is -0.466 e. The van der Waals surface area contributed by atoms with Crippen molar-refractivity contribution < 1.29 is 23.9 Å². The fourth-order valence-corrected chi connectivity index (χ4v) is 1.18. The van der Waals surface area contributed by atoms with Gasteiger partial charge in [-0.15, -0.1) is 0 Å². The molecule has 0 fully saturated rings. The highest BCUT2D eigenvalue weighted by Crippen LogP contribution is 2.04. The highest BCUT2D eigenvalue weighted by Gasteiger charge is 2.11. The summed E-state index contributed by atoms with van der Waals surface area (Å²) in [5, 5.41) is 0. The summed E-state index contributed by atoms with van der Waals surface area (Å²) in [5.74, 6) is -1.55. The third-order valence-electron chi connectivity index (χ3n) is 2.33. The van der Waals surface area contributed by atoms with Crippen molar-refractivity contribution in [2.75, 3.05) is 6.61 Å². The Labute approximate surface area is 114 Å². The van der Waals surface area contributed by atoms with E-state index in [1.54, 1.807) is 0 Å². The number of carbonyl (C=O) groups excluding carboxylic acids is 3. The predicted octanol–water partition coefficient (Wildman–Crippen LogP) is 2.54. The lowest BCUT2D eigenvalue weighted by Gasteiger charge is -2.04. The standard InChI is InChI=1S/C14H22O5/c1-4-5-10-18-12(15)8-6-7-9-13(16)19-14(17)11(2)3/h2,4-10H2,1,3H3. The van der Waals surface area contributed by atoms with Gasteiger partial charge in [-0.2, -0.15) is 0 Å². The molecule has 0 unspecified atom stereocenters. The molecular weight excluding hydrogens is 248 g/mol. The second kappa shape index (κ2) is 10.3. The average Bonchev–Trinajstić information content (AvgIpc) is 2.34. The molecule has 0 aromatic heterocycles. The van der Waals surface area contributed by atoms with Crippen LogP contribution in [0.3, 0.4) is 0 Å². The number of ether oxygens (including phenoxy) is 2. The summed E-state index contributed by atoms with van der Waals surface area (Å²) in [7, 11) is 0. The Bertz CT molecular complexity index is 333. The van der Waals surface area contributed by atoms with Gasteiger partial charge in [0.1, 0.15) is 0 Å². The van der Waals surface area contributed by atoms with Gasteiger partial charge < -0.3 is 9.47 Å². The SMILES string of the molecule is C=C(C)C(=O)OC(=O)CCCCC(=O)OCCCC. The molecule has 0 spiro atoms. The summed E-state index contributed by atoms with van der Waals surface area (Å²) >= 11 is 0. The fraction of sp³-hybridized carbons (Fsp3) is 0.643. The molecule has 0 heterocycles. The van der Waals surface area contributed by atoms with Crippen molar-refractivity contribution in [3.05, 3.63) is 12.2 Å². The van der Waals surface area contributed by atoms with Crippen molar-refractivity contribution in [3.63, 3.8) is 0 Å². The minimum atomic E-state index is -0.705. The van der Waals surface area contributed by atoms with Gasteiger partial charge in [0.05, 0.1) is 6.61 Å². The summed E-state index contributed by atoms with van der Waals surface area (Å²) in [6, 6.07) is 0. The molecule has 0 aliphatic carbocycles. The highest BCUT2D eigenvalue weighted by atomic mass is 16.6. The van der Waals surface area contributed by atoms with E-state index >= 15 is 0 Å². The van der Waals surface area contributed by atoms with Crippen LogP contribution in [0.4, 0.5) is 0 Å². The first-order chi connectivity index (χ1) is 8.97. The zero-order valence-electron chi connectivity index (χ0n) is 11.7. The quantitative estimate of drug-likeness (QED) is 0.279. The fourth-order valence-electron chi connectivity index (χ4n) is 1.18. The Hall–Kier alpha value is -1.65. The lowest BCUT2D eigenvalue weighted by molar-refractivity contribution is -0.157. The highest BCUT2D eigenvalue weighted by molar-refractivity contribution is 5.95. The molecule has 5 nitrogen and oxygen atoms in total. The maximum absolute atomic E-state index is 11.2. The van der Waals surface area contributed by atoms with Crippen LogP contribution in [0.5, 0.6) is 0 Å². The number of carbonyl (C=O) groups is 3. The van der Waals surface area contributed by atoms with Crippen molar-refractivity contribution >= 4 is 17.9 Å². The number of hydrogen-bond donors (Lipinski definition) is 0. The van der Waals surface area contributed by atoms with E-state index in [0.29, 0.717) is 19.4 Å². The van der Waals surface area contributed by atoms with Crippen molar-refractivity contribution in [2.24, 2.45) is 0 Å². The van der Waals surface area contributed by atoms with Crippen LogP contribution in [0.15, 0.2) is 12.2 Å². The number of esters is 3. The van der Waals surface area contributed by atoms with Crippen LogP contribution in [-0.4, -0.2) is 24.5 Å². The summed E-state index contributed by atoms with van der Waals surface area (Å²) in [4.78, 5) is 33.5. The maximum atomic E-state index is 11.2. The number of unbranched alkanes of at least 4 members (excludes halogenated alkanes) is 2. The lowest BCUT2D eigenvalue weighted by Crippen LogP contribution is -2.12. The van der Waals surface area contributed by atoms with Crippen molar-refractivity contribution in [1.82, 2.24) is 0 Å². The van der Waals surface area contributed by atoms with Gasteiger partial charge >= 0.3 is 17.9 Å². The Kier molecular flexibility index (Phi) is 9.40. The molecule has 5 heteroatoms. The molecule has 0 aliphatic heterocycles.